The summed E-state index contributed by atoms with van der Waals surface area (Å²) in [5.41, 5.74) is 0.931. The molecule has 0 unspecified atom stereocenters. The summed E-state index contributed by atoms with van der Waals surface area (Å²) in [4.78, 5) is 27.4. The monoisotopic (exact) mass is 561 g/mol. The second-order valence-electron chi connectivity index (χ2n) is 6.55. The zero-order valence-corrected chi connectivity index (χ0v) is 19.7. The highest BCUT2D eigenvalue weighted by atomic mass is 79.9. The van der Waals surface area contributed by atoms with Crippen molar-refractivity contribution in [3.05, 3.63) is 107 Å². The number of aromatic amines is 1. The van der Waals surface area contributed by atoms with Crippen LogP contribution >= 0.6 is 43.5 Å². The Kier molecular flexibility index (Phi) is 6.41. The smallest absolute Gasteiger partial charge is 0.349 e. The standard InChI is InChI=1S/C22H14Br2ClN3O3/c23-15-7-6-14(17(24)10-15)12-31-20-8-5-13(9-18(20)25)11-26-28-21(29)16-3-1-2-4-19(16)27-22(28)30/h1-11H,12H2,(H,27,30). The molecule has 3 aromatic carbocycles. The summed E-state index contributed by atoms with van der Waals surface area (Å²) in [6.45, 7) is 0.336. The Balaban J connectivity index is 1.55. The van der Waals surface area contributed by atoms with Crippen LogP contribution in [0.3, 0.4) is 0 Å². The van der Waals surface area contributed by atoms with Gasteiger partial charge in [0.05, 0.1) is 22.1 Å². The lowest BCUT2D eigenvalue weighted by atomic mass is 10.2. The van der Waals surface area contributed by atoms with Gasteiger partial charge in [-0.2, -0.15) is 5.10 Å². The van der Waals surface area contributed by atoms with Gasteiger partial charge in [0.15, 0.2) is 0 Å². The molecule has 0 saturated carbocycles. The van der Waals surface area contributed by atoms with Gasteiger partial charge in [-0.15, -0.1) is 4.68 Å². The first-order chi connectivity index (χ1) is 14.9. The number of H-pyrrole nitrogens is 1. The molecule has 6 nitrogen and oxygen atoms in total. The van der Waals surface area contributed by atoms with Gasteiger partial charge < -0.3 is 9.72 Å². The van der Waals surface area contributed by atoms with Crippen molar-refractivity contribution >= 4 is 60.6 Å². The van der Waals surface area contributed by atoms with Crippen LogP contribution in [0.15, 0.2) is 84.3 Å². The normalized spacial score (nSPS) is 11.3. The van der Waals surface area contributed by atoms with E-state index in [-0.39, 0.29) is 0 Å². The fourth-order valence-electron chi connectivity index (χ4n) is 2.89. The van der Waals surface area contributed by atoms with Crippen LogP contribution in [0, 0.1) is 0 Å². The van der Waals surface area contributed by atoms with Crippen molar-refractivity contribution in [3.63, 3.8) is 0 Å². The number of hydrogen-bond donors (Lipinski definition) is 1. The lowest BCUT2D eigenvalue weighted by Gasteiger charge is -2.10. The van der Waals surface area contributed by atoms with E-state index in [0.29, 0.717) is 33.8 Å². The molecule has 0 amide bonds. The summed E-state index contributed by atoms with van der Waals surface area (Å²) in [5, 5.41) is 4.80. The number of fused-ring (bicyclic) bond motifs is 1. The Morgan fingerprint density at radius 3 is 2.65 bits per heavy atom. The first-order valence-electron chi connectivity index (χ1n) is 9.07. The Bertz CT molecular complexity index is 1430. The van der Waals surface area contributed by atoms with E-state index in [2.05, 4.69) is 41.9 Å². The zero-order valence-electron chi connectivity index (χ0n) is 15.8. The predicted molar refractivity (Wildman–Crippen MR) is 129 cm³/mol. The van der Waals surface area contributed by atoms with E-state index >= 15 is 0 Å². The van der Waals surface area contributed by atoms with Gasteiger partial charge in [0.25, 0.3) is 5.56 Å². The number of ether oxygens (including phenoxy) is 1. The number of halogens is 3. The molecule has 31 heavy (non-hydrogen) atoms. The van der Waals surface area contributed by atoms with Crippen LogP contribution in [0.25, 0.3) is 10.9 Å². The SMILES string of the molecule is O=c1[nH]c2ccccc2c(=O)n1N=Cc1ccc(OCc2ccc(Br)cc2Br)c(Cl)c1. The summed E-state index contributed by atoms with van der Waals surface area (Å²) < 4.78 is 8.49. The third-order valence-corrected chi connectivity index (χ3v) is 5.99. The van der Waals surface area contributed by atoms with Crippen molar-refractivity contribution in [2.45, 2.75) is 6.61 Å². The van der Waals surface area contributed by atoms with Crippen molar-refractivity contribution in [2.24, 2.45) is 5.10 Å². The predicted octanol–water partition coefficient (Wildman–Crippen LogP) is 5.33. The minimum atomic E-state index is -0.619. The van der Waals surface area contributed by atoms with Crippen molar-refractivity contribution in [1.29, 1.82) is 0 Å². The van der Waals surface area contributed by atoms with Crippen LogP contribution in [0.1, 0.15) is 11.1 Å². The summed E-state index contributed by atoms with van der Waals surface area (Å²) in [7, 11) is 0. The number of nitrogens with zero attached hydrogens (tertiary/aromatic N) is 2. The van der Waals surface area contributed by atoms with E-state index in [1.807, 2.05) is 18.2 Å². The number of aromatic nitrogens is 2. The maximum Gasteiger partial charge on any atom is 0.349 e. The second kappa shape index (κ2) is 9.21. The Morgan fingerprint density at radius 2 is 1.87 bits per heavy atom. The van der Waals surface area contributed by atoms with Gasteiger partial charge in [0, 0.05) is 14.5 Å². The van der Waals surface area contributed by atoms with Crippen LogP contribution in [0.4, 0.5) is 0 Å². The van der Waals surface area contributed by atoms with Crippen molar-refractivity contribution in [1.82, 2.24) is 9.66 Å². The molecular formula is C22H14Br2ClN3O3. The fraction of sp³-hybridized carbons (Fsp3) is 0.0455. The number of nitrogens with one attached hydrogen (secondary N) is 1. The first kappa shape index (κ1) is 21.5. The molecule has 0 aliphatic heterocycles. The molecule has 9 heteroatoms. The van der Waals surface area contributed by atoms with Crippen molar-refractivity contribution in [2.75, 3.05) is 0 Å². The maximum atomic E-state index is 12.5. The van der Waals surface area contributed by atoms with Crippen molar-refractivity contribution in [3.8, 4) is 5.75 Å². The number of rotatable bonds is 5. The van der Waals surface area contributed by atoms with E-state index in [4.69, 9.17) is 16.3 Å². The third-order valence-electron chi connectivity index (χ3n) is 4.46. The zero-order chi connectivity index (χ0) is 22.0. The van der Waals surface area contributed by atoms with E-state index in [0.717, 1.165) is 19.2 Å². The Hall–Kier alpha value is -2.68. The molecule has 1 aromatic heterocycles. The van der Waals surface area contributed by atoms with Gasteiger partial charge in [-0.25, -0.2) is 4.79 Å². The highest BCUT2D eigenvalue weighted by Gasteiger charge is 2.08. The molecule has 0 aliphatic rings. The Labute approximate surface area is 198 Å². The maximum absolute atomic E-state index is 12.5. The third kappa shape index (κ3) is 4.81. The van der Waals surface area contributed by atoms with Crippen LogP contribution < -0.4 is 16.0 Å². The largest absolute Gasteiger partial charge is 0.487 e. The molecule has 0 spiro atoms. The number of para-hydroxylation sites is 1. The molecule has 0 radical (unpaired) electrons. The van der Waals surface area contributed by atoms with E-state index in [1.165, 1.54) is 6.21 Å². The average molecular weight is 564 g/mol. The van der Waals surface area contributed by atoms with E-state index < -0.39 is 11.2 Å². The van der Waals surface area contributed by atoms with E-state index in [1.54, 1.807) is 42.5 Å². The average Bonchev–Trinajstić information content (AvgIpc) is 2.74. The molecule has 0 atom stereocenters. The van der Waals surface area contributed by atoms with Crippen LogP contribution in [0.5, 0.6) is 5.75 Å². The van der Waals surface area contributed by atoms with Gasteiger partial charge in [-0.1, -0.05) is 61.7 Å². The molecule has 0 bridgehead atoms. The Morgan fingerprint density at radius 1 is 1.06 bits per heavy atom. The lowest BCUT2D eigenvalue weighted by Crippen LogP contribution is -2.32. The lowest BCUT2D eigenvalue weighted by molar-refractivity contribution is 0.305. The van der Waals surface area contributed by atoms with Crippen molar-refractivity contribution < 1.29 is 4.74 Å². The van der Waals surface area contributed by atoms with Crippen LogP contribution in [-0.2, 0) is 6.61 Å². The van der Waals surface area contributed by atoms with Gasteiger partial charge >= 0.3 is 5.69 Å². The quantitative estimate of drug-likeness (QED) is 0.334. The number of benzene rings is 3. The highest BCUT2D eigenvalue weighted by molar-refractivity contribution is 9.11. The summed E-state index contributed by atoms with van der Waals surface area (Å²) in [6.07, 6.45) is 1.40. The molecule has 0 aliphatic carbocycles. The molecule has 4 aromatic rings. The van der Waals surface area contributed by atoms with E-state index in [9.17, 15) is 9.59 Å². The minimum absolute atomic E-state index is 0.336. The summed E-state index contributed by atoms with van der Waals surface area (Å²) in [6, 6.07) is 17.7. The fourth-order valence-corrected chi connectivity index (χ4v) is 4.30. The molecular weight excluding hydrogens is 550 g/mol. The molecule has 4 rings (SSSR count). The first-order valence-corrected chi connectivity index (χ1v) is 11.0. The summed E-state index contributed by atoms with van der Waals surface area (Å²) in [5.74, 6) is 0.509. The van der Waals surface area contributed by atoms with Gasteiger partial charge in [0.2, 0.25) is 0 Å². The number of hydrogen-bond acceptors (Lipinski definition) is 4. The molecule has 0 fully saturated rings. The van der Waals surface area contributed by atoms with Crippen LogP contribution in [-0.4, -0.2) is 15.9 Å². The summed E-state index contributed by atoms with van der Waals surface area (Å²) >= 11 is 13.3. The van der Waals surface area contributed by atoms with Gasteiger partial charge in [-0.3, -0.25) is 4.79 Å². The molecule has 1 N–H and O–H groups in total. The minimum Gasteiger partial charge on any atom is -0.487 e. The molecule has 156 valence electrons. The topological polar surface area (TPSA) is 76.5 Å². The van der Waals surface area contributed by atoms with Crippen LogP contribution in [0.2, 0.25) is 5.02 Å². The van der Waals surface area contributed by atoms with Gasteiger partial charge in [-0.05, 0) is 48.0 Å². The van der Waals surface area contributed by atoms with Gasteiger partial charge in [0.1, 0.15) is 12.4 Å². The molecule has 0 saturated heterocycles. The second-order valence-corrected chi connectivity index (χ2v) is 8.73. The highest BCUT2D eigenvalue weighted by Crippen LogP contribution is 2.28. The molecule has 1 heterocycles.